The first kappa shape index (κ1) is 15.4. The van der Waals surface area contributed by atoms with Gasteiger partial charge >= 0.3 is 0 Å². The summed E-state index contributed by atoms with van der Waals surface area (Å²) in [5, 5.41) is 11.5. The van der Waals surface area contributed by atoms with E-state index in [1.165, 1.54) is 0 Å². The normalized spacial score (nSPS) is 12.0. The Bertz CT molecular complexity index is 694. The molecule has 0 bridgehead atoms. The average molecular weight is 304 g/mol. The van der Waals surface area contributed by atoms with Crippen molar-refractivity contribution in [2.24, 2.45) is 5.10 Å². The fourth-order valence-corrected chi connectivity index (χ4v) is 2.06. The molecule has 2 aromatic rings. The summed E-state index contributed by atoms with van der Waals surface area (Å²) in [7, 11) is 0. The van der Waals surface area contributed by atoms with Crippen LogP contribution in [0.2, 0.25) is 0 Å². The van der Waals surface area contributed by atoms with Crippen LogP contribution in [0.5, 0.6) is 5.75 Å². The van der Waals surface area contributed by atoms with Gasteiger partial charge in [-0.05, 0) is 31.3 Å². The summed E-state index contributed by atoms with van der Waals surface area (Å²) in [6.07, 6.45) is 1.74. The van der Waals surface area contributed by atoms with E-state index in [4.69, 9.17) is 17.0 Å². The van der Waals surface area contributed by atoms with Crippen molar-refractivity contribution in [1.82, 2.24) is 14.9 Å². The van der Waals surface area contributed by atoms with Gasteiger partial charge in [-0.2, -0.15) is 14.9 Å². The van der Waals surface area contributed by atoms with Crippen molar-refractivity contribution in [3.8, 4) is 5.75 Å². The third-order valence-electron chi connectivity index (χ3n) is 2.85. The maximum Gasteiger partial charge on any atom is 0.216 e. The maximum atomic E-state index is 5.58. The van der Waals surface area contributed by atoms with Crippen LogP contribution in [0.15, 0.2) is 29.4 Å². The van der Waals surface area contributed by atoms with E-state index < -0.39 is 0 Å². The Morgan fingerprint density at radius 2 is 2.10 bits per heavy atom. The van der Waals surface area contributed by atoms with Crippen LogP contribution in [0, 0.1) is 4.77 Å². The molecule has 0 amide bonds. The van der Waals surface area contributed by atoms with Gasteiger partial charge < -0.3 is 4.74 Å². The van der Waals surface area contributed by atoms with Gasteiger partial charge in [0.1, 0.15) is 5.75 Å². The Morgan fingerprint density at radius 3 is 2.76 bits per heavy atom. The van der Waals surface area contributed by atoms with Crippen molar-refractivity contribution in [3.63, 3.8) is 0 Å². The molecule has 2 rings (SSSR count). The second-order valence-corrected chi connectivity index (χ2v) is 6.02. The van der Waals surface area contributed by atoms with E-state index in [-0.39, 0.29) is 5.41 Å². The fourth-order valence-electron chi connectivity index (χ4n) is 1.88. The van der Waals surface area contributed by atoms with E-state index in [9.17, 15) is 0 Å². The molecular formula is C15H20N4OS. The number of nitrogens with one attached hydrogen (secondary N) is 1. The number of H-pyrrole nitrogens is 1. The van der Waals surface area contributed by atoms with E-state index in [1.54, 1.807) is 10.9 Å². The Hall–Kier alpha value is -1.95. The van der Waals surface area contributed by atoms with E-state index in [1.807, 2.05) is 31.2 Å². The second kappa shape index (κ2) is 6.22. The minimum Gasteiger partial charge on any atom is -0.493 e. The minimum atomic E-state index is -0.148. The molecule has 0 aliphatic carbocycles. The van der Waals surface area contributed by atoms with Crippen LogP contribution in [-0.4, -0.2) is 27.7 Å². The van der Waals surface area contributed by atoms with Crippen molar-refractivity contribution in [1.29, 1.82) is 0 Å². The van der Waals surface area contributed by atoms with E-state index in [2.05, 4.69) is 36.1 Å². The second-order valence-electron chi connectivity index (χ2n) is 5.63. The van der Waals surface area contributed by atoms with E-state index in [0.29, 0.717) is 11.4 Å². The Kier molecular flexibility index (Phi) is 4.57. The Morgan fingerprint density at radius 1 is 1.38 bits per heavy atom. The zero-order valence-corrected chi connectivity index (χ0v) is 13.6. The Balaban J connectivity index is 2.39. The largest absolute Gasteiger partial charge is 0.493 e. The standard InChI is InChI=1S/C15H20N4OS/c1-5-20-12-9-7-6-8-11(12)10-16-19-13(15(2,3)4)17-18-14(19)21/h6-10H,5H2,1-4H3,(H,18,21)/b16-10-. The average Bonchev–Trinajstić information content (AvgIpc) is 2.79. The molecule has 0 aliphatic rings. The van der Waals surface area contributed by atoms with Crippen LogP contribution in [0.4, 0.5) is 0 Å². The predicted molar refractivity (Wildman–Crippen MR) is 86.7 cm³/mol. The van der Waals surface area contributed by atoms with Crippen molar-refractivity contribution in [3.05, 3.63) is 40.4 Å². The predicted octanol–water partition coefficient (Wildman–Crippen LogP) is 3.52. The first-order valence-corrected chi connectivity index (χ1v) is 7.28. The van der Waals surface area contributed by atoms with Crippen LogP contribution in [0.25, 0.3) is 0 Å². The van der Waals surface area contributed by atoms with Gasteiger partial charge in [-0.1, -0.05) is 32.9 Å². The van der Waals surface area contributed by atoms with E-state index in [0.717, 1.165) is 17.1 Å². The molecule has 112 valence electrons. The number of aromatic amines is 1. The molecule has 1 N–H and O–H groups in total. The summed E-state index contributed by atoms with van der Waals surface area (Å²) in [6.45, 7) is 8.77. The van der Waals surface area contributed by atoms with Gasteiger partial charge in [-0.15, -0.1) is 0 Å². The molecule has 5 nitrogen and oxygen atoms in total. The fraction of sp³-hybridized carbons (Fsp3) is 0.400. The van der Waals surface area contributed by atoms with Crippen molar-refractivity contribution in [2.45, 2.75) is 33.1 Å². The SMILES string of the molecule is CCOc1ccccc1/C=N\n1c(C(C)(C)C)n[nH]c1=S. The molecule has 0 radical (unpaired) electrons. The lowest BCUT2D eigenvalue weighted by Crippen LogP contribution is -2.17. The highest BCUT2D eigenvalue weighted by molar-refractivity contribution is 7.71. The lowest BCUT2D eigenvalue weighted by molar-refractivity contribution is 0.340. The first-order valence-electron chi connectivity index (χ1n) is 6.87. The number of benzene rings is 1. The third-order valence-corrected chi connectivity index (χ3v) is 3.12. The van der Waals surface area contributed by atoms with Gasteiger partial charge in [0.05, 0.1) is 12.8 Å². The number of aromatic nitrogens is 3. The highest BCUT2D eigenvalue weighted by atomic mass is 32.1. The van der Waals surface area contributed by atoms with Gasteiger partial charge in [-0.25, -0.2) is 0 Å². The molecule has 0 atom stereocenters. The first-order chi connectivity index (χ1) is 9.93. The molecule has 0 aliphatic heterocycles. The molecular weight excluding hydrogens is 284 g/mol. The summed E-state index contributed by atoms with van der Waals surface area (Å²) in [5.41, 5.74) is 0.756. The lowest BCUT2D eigenvalue weighted by atomic mass is 9.96. The number of hydrogen-bond acceptors (Lipinski definition) is 4. The van der Waals surface area contributed by atoms with Gasteiger partial charge in [-0.3, -0.25) is 5.10 Å². The zero-order chi connectivity index (χ0) is 15.5. The number of rotatable bonds is 4. The Labute approximate surface area is 129 Å². The zero-order valence-electron chi connectivity index (χ0n) is 12.8. The van der Waals surface area contributed by atoms with Gasteiger partial charge in [0.15, 0.2) is 5.82 Å². The van der Waals surface area contributed by atoms with Crippen LogP contribution < -0.4 is 4.74 Å². The maximum absolute atomic E-state index is 5.58. The number of ether oxygens (including phenoxy) is 1. The third kappa shape index (κ3) is 3.58. The van der Waals surface area contributed by atoms with Gasteiger partial charge in [0.25, 0.3) is 0 Å². The molecule has 0 saturated heterocycles. The summed E-state index contributed by atoms with van der Waals surface area (Å²) in [4.78, 5) is 0. The molecule has 0 saturated carbocycles. The van der Waals surface area contributed by atoms with Crippen molar-refractivity contribution >= 4 is 18.4 Å². The minimum absolute atomic E-state index is 0.148. The number of hydrogen-bond donors (Lipinski definition) is 1. The highest BCUT2D eigenvalue weighted by Gasteiger charge is 2.21. The molecule has 21 heavy (non-hydrogen) atoms. The van der Waals surface area contributed by atoms with Gasteiger partial charge in [0.2, 0.25) is 4.77 Å². The van der Waals surface area contributed by atoms with Crippen molar-refractivity contribution < 1.29 is 4.74 Å². The summed E-state index contributed by atoms with van der Waals surface area (Å²) < 4.78 is 7.71. The molecule has 1 aromatic carbocycles. The number of nitrogens with zero attached hydrogens (tertiary/aromatic N) is 3. The van der Waals surface area contributed by atoms with Crippen LogP contribution in [0.1, 0.15) is 39.1 Å². The molecule has 0 fully saturated rings. The smallest absolute Gasteiger partial charge is 0.216 e. The lowest BCUT2D eigenvalue weighted by Gasteiger charge is -2.15. The monoisotopic (exact) mass is 304 g/mol. The molecule has 6 heteroatoms. The number of para-hydroxylation sites is 1. The molecule has 1 heterocycles. The summed E-state index contributed by atoms with van der Waals surface area (Å²) in [6, 6.07) is 7.76. The van der Waals surface area contributed by atoms with E-state index >= 15 is 0 Å². The summed E-state index contributed by atoms with van der Waals surface area (Å²) in [5.74, 6) is 1.59. The van der Waals surface area contributed by atoms with Crippen LogP contribution >= 0.6 is 12.2 Å². The summed E-state index contributed by atoms with van der Waals surface area (Å²) >= 11 is 5.24. The molecule has 0 spiro atoms. The van der Waals surface area contributed by atoms with Crippen molar-refractivity contribution in [2.75, 3.05) is 6.61 Å². The highest BCUT2D eigenvalue weighted by Crippen LogP contribution is 2.20. The quantitative estimate of drug-likeness (QED) is 0.694. The topological polar surface area (TPSA) is 55.2 Å². The molecule has 1 aromatic heterocycles. The van der Waals surface area contributed by atoms with Crippen LogP contribution in [-0.2, 0) is 5.41 Å². The van der Waals surface area contributed by atoms with Gasteiger partial charge in [0, 0.05) is 11.0 Å². The van der Waals surface area contributed by atoms with Crippen LogP contribution in [0.3, 0.4) is 0 Å². The molecule has 0 unspecified atom stereocenters.